The molecule has 0 N–H and O–H groups in total. The zero-order valence-electron chi connectivity index (χ0n) is 24.5. The molecule has 0 aliphatic heterocycles. The maximum Gasteiger partial charge on any atom is -0.0635 e. The van der Waals surface area contributed by atoms with Crippen molar-refractivity contribution in [2.24, 2.45) is 0 Å². The van der Waals surface area contributed by atoms with Crippen molar-refractivity contribution in [3.05, 3.63) is 206 Å². The van der Waals surface area contributed by atoms with Gasteiger partial charge in [-0.3, -0.25) is 0 Å². The van der Waals surface area contributed by atoms with Crippen molar-refractivity contribution in [1.29, 1.82) is 0 Å². The van der Waals surface area contributed by atoms with E-state index in [1.54, 1.807) is 0 Å². The van der Waals surface area contributed by atoms with Crippen molar-refractivity contribution < 1.29 is 23.3 Å². The second-order valence-corrected chi connectivity index (χ2v) is 9.63. The van der Waals surface area contributed by atoms with Crippen LogP contribution in [0.2, 0.25) is 0 Å². The summed E-state index contributed by atoms with van der Waals surface area (Å²) in [6.07, 6.45) is 0. The second-order valence-electron chi connectivity index (χ2n) is 9.63. The first kappa shape index (κ1) is 32.6. The Balaban J connectivity index is 0.000000142. The molecule has 0 atom stereocenters. The third-order valence-electron chi connectivity index (χ3n) is 6.66. The van der Waals surface area contributed by atoms with Crippen LogP contribution >= 0.6 is 0 Å². The van der Waals surface area contributed by atoms with Gasteiger partial charge in [-0.15, -0.1) is 69.1 Å². The van der Waals surface area contributed by atoms with E-state index < -0.39 is 0 Å². The van der Waals surface area contributed by atoms with Crippen LogP contribution in [0.15, 0.2) is 194 Å². The molecule has 0 unspecified atom stereocenters. The minimum atomic E-state index is 1.29. The molecular formula is C42H32SiZr-4. The Kier molecular flexibility index (Phi) is 14.1. The molecule has 8 rings (SSSR count). The van der Waals surface area contributed by atoms with Gasteiger partial charge in [0, 0.05) is 0 Å². The topological polar surface area (TPSA) is 0 Å². The van der Waals surface area contributed by atoms with E-state index in [0.717, 1.165) is 0 Å². The number of fused-ring (bicyclic) bond motifs is 2. The van der Waals surface area contributed by atoms with E-state index in [4.69, 9.17) is 0 Å². The molecule has 0 saturated heterocycles. The van der Waals surface area contributed by atoms with Crippen LogP contribution in [-0.4, -0.2) is 6.88 Å². The average molecular weight is 656 g/mol. The second kappa shape index (κ2) is 19.0. The van der Waals surface area contributed by atoms with E-state index in [1.165, 1.54) is 67.1 Å². The summed E-state index contributed by atoms with van der Waals surface area (Å²) in [5.41, 5.74) is 5.18. The van der Waals surface area contributed by atoms with Crippen LogP contribution in [0.3, 0.4) is 0 Å². The predicted octanol–water partition coefficient (Wildman–Crippen LogP) is 11.0. The van der Waals surface area contributed by atoms with Gasteiger partial charge in [-0.25, -0.2) is 0 Å². The number of hydrogen-bond donors (Lipinski definition) is 0. The zero-order valence-corrected chi connectivity index (χ0v) is 27.9. The summed E-state index contributed by atoms with van der Waals surface area (Å²) in [6, 6.07) is 71.9. The Morgan fingerprint density at radius 2 is 0.705 bits per heavy atom. The van der Waals surface area contributed by atoms with Crippen LogP contribution in [-0.2, 0) is 23.3 Å². The molecule has 0 bridgehead atoms. The molecular weight excluding hydrogens is 624 g/mol. The normalized spacial score (nSPS) is 9.52. The van der Waals surface area contributed by atoms with Gasteiger partial charge in [-0.2, -0.15) is 72.8 Å². The summed E-state index contributed by atoms with van der Waals surface area (Å²) >= 11 is 1.36. The molecule has 212 valence electrons. The van der Waals surface area contributed by atoms with Gasteiger partial charge in [0.05, 0.1) is 0 Å². The number of benzene rings is 6. The summed E-state index contributed by atoms with van der Waals surface area (Å²) in [7, 11) is 0. The predicted molar refractivity (Wildman–Crippen MR) is 186 cm³/mol. The van der Waals surface area contributed by atoms with E-state index in [1.807, 2.05) is 72.8 Å². The van der Waals surface area contributed by atoms with E-state index in [2.05, 4.69) is 140 Å². The van der Waals surface area contributed by atoms with Crippen LogP contribution < -0.4 is 0 Å². The minimum Gasteiger partial charge on any atom is -0.184 e. The maximum atomic E-state index is 3.06. The molecule has 0 aliphatic rings. The molecule has 0 fully saturated rings. The molecule has 8 aromatic carbocycles. The van der Waals surface area contributed by atoms with Crippen LogP contribution in [0.4, 0.5) is 0 Å². The summed E-state index contributed by atoms with van der Waals surface area (Å²) in [5, 5.41) is 5.26. The van der Waals surface area contributed by atoms with E-state index >= 15 is 0 Å². The molecule has 0 amide bonds. The van der Waals surface area contributed by atoms with Gasteiger partial charge in [-0.1, -0.05) is 108 Å². The monoisotopic (exact) mass is 654 g/mol. The Morgan fingerprint density at radius 3 is 1.00 bits per heavy atom. The smallest absolute Gasteiger partial charge is 0.0635 e. The van der Waals surface area contributed by atoms with Crippen molar-refractivity contribution in [2.75, 3.05) is 0 Å². The summed E-state index contributed by atoms with van der Waals surface area (Å²) in [5.74, 6) is 0. The van der Waals surface area contributed by atoms with Crippen LogP contribution in [0.5, 0.6) is 0 Å². The van der Waals surface area contributed by atoms with Gasteiger partial charge < -0.3 is 0 Å². The molecule has 44 heavy (non-hydrogen) atoms. The first-order chi connectivity index (χ1) is 21.9. The Morgan fingerprint density at radius 1 is 0.386 bits per heavy atom. The summed E-state index contributed by atoms with van der Waals surface area (Å²) in [4.78, 5) is 0. The molecule has 0 aliphatic carbocycles. The van der Waals surface area contributed by atoms with Crippen LogP contribution in [0.25, 0.3) is 43.8 Å². The molecule has 0 saturated carbocycles. The zero-order chi connectivity index (χ0) is 30.7. The van der Waals surface area contributed by atoms with E-state index in [0.29, 0.717) is 0 Å². The standard InChI is InChI=1S/2C15H11.2C6H5.Si.Zr/c2*1-2-6-12(7-3-1)15-10-13-8-4-5-9-14(13)11-15;2*1-2-4-6-5-3-1;;/h2*1-11H;2*1-5H;;/q4*-1;;. The van der Waals surface area contributed by atoms with Crippen LogP contribution in [0, 0.1) is 12.1 Å². The van der Waals surface area contributed by atoms with Crippen molar-refractivity contribution in [2.45, 2.75) is 0 Å². The molecule has 0 spiro atoms. The number of rotatable bonds is 2. The van der Waals surface area contributed by atoms with Gasteiger partial charge in [0.2, 0.25) is 0 Å². The first-order valence-corrected chi connectivity index (χ1v) is 18.5. The Bertz CT molecular complexity index is 1610. The first-order valence-electron chi connectivity index (χ1n) is 14.4. The average Bonchev–Trinajstić information content (AvgIpc) is 3.78. The summed E-state index contributed by atoms with van der Waals surface area (Å²) in [6.45, 7) is 3.06. The summed E-state index contributed by atoms with van der Waals surface area (Å²) < 4.78 is 0. The Hall–Kier alpha value is -4.36. The van der Waals surface area contributed by atoms with Gasteiger partial charge >= 0.3 is 30.2 Å². The van der Waals surface area contributed by atoms with Crippen molar-refractivity contribution in [3.8, 4) is 22.3 Å². The number of hydrogen-bond acceptors (Lipinski definition) is 0. The van der Waals surface area contributed by atoms with Crippen LogP contribution in [0.1, 0.15) is 0 Å². The third kappa shape index (κ3) is 10.4. The molecule has 0 nitrogen and oxygen atoms in total. The third-order valence-corrected chi connectivity index (χ3v) is 6.66. The van der Waals surface area contributed by atoms with Gasteiger partial charge in [0.15, 0.2) is 0 Å². The van der Waals surface area contributed by atoms with Crippen molar-refractivity contribution in [1.82, 2.24) is 0 Å². The molecule has 0 heterocycles. The quantitative estimate of drug-likeness (QED) is 0.128. The molecule has 2 heteroatoms. The van der Waals surface area contributed by atoms with E-state index in [-0.39, 0.29) is 0 Å². The molecule has 0 aromatic heterocycles. The SMILES string of the molecule is [Si]=[Zr].[c-]1ccccc1.[c-]1ccccc1.c1ccc(-c2cc3ccccc3[cH-]2)cc1.c1ccc(-c2cc3ccccc3[cH-]2)cc1. The fourth-order valence-electron chi connectivity index (χ4n) is 4.58. The fourth-order valence-corrected chi connectivity index (χ4v) is 4.58. The molecule has 8 aromatic rings. The fraction of sp³-hybridized carbons (Fsp3) is 0. The van der Waals surface area contributed by atoms with Crippen molar-refractivity contribution >= 4 is 28.4 Å². The van der Waals surface area contributed by atoms with E-state index in [9.17, 15) is 0 Å². The van der Waals surface area contributed by atoms with Crippen molar-refractivity contribution in [3.63, 3.8) is 0 Å². The van der Waals surface area contributed by atoms with Gasteiger partial charge in [0.1, 0.15) is 0 Å². The van der Waals surface area contributed by atoms with Gasteiger partial charge in [0.25, 0.3) is 0 Å². The minimum absolute atomic E-state index is 1.29. The van der Waals surface area contributed by atoms with Gasteiger partial charge in [-0.05, 0) is 0 Å². The molecule has 2 radical (unpaired) electrons. The largest absolute Gasteiger partial charge is 0.184 e. The maximum absolute atomic E-state index is 3.06. The Labute approximate surface area is 278 Å².